The summed E-state index contributed by atoms with van der Waals surface area (Å²) in [4.78, 5) is 36.4. The van der Waals surface area contributed by atoms with Gasteiger partial charge in [-0.3, -0.25) is 14.4 Å². The van der Waals surface area contributed by atoms with Crippen LogP contribution in [0.15, 0.2) is 72.8 Å². The number of anilines is 3. The van der Waals surface area contributed by atoms with Crippen molar-refractivity contribution in [3.63, 3.8) is 0 Å². The van der Waals surface area contributed by atoms with Crippen molar-refractivity contribution in [3.05, 3.63) is 83.9 Å². The Hall–Kier alpha value is -4.13. The van der Waals surface area contributed by atoms with E-state index in [4.69, 9.17) is 4.74 Å². The van der Waals surface area contributed by atoms with Crippen molar-refractivity contribution in [2.24, 2.45) is 0 Å². The van der Waals surface area contributed by atoms with Crippen LogP contribution in [0.25, 0.3) is 0 Å². The zero-order valence-corrected chi connectivity index (χ0v) is 17.3. The molecule has 0 fully saturated rings. The molecule has 0 radical (unpaired) electrons. The molecule has 7 heteroatoms. The molecule has 31 heavy (non-hydrogen) atoms. The van der Waals surface area contributed by atoms with Crippen molar-refractivity contribution in [3.8, 4) is 5.75 Å². The molecule has 158 valence electrons. The summed E-state index contributed by atoms with van der Waals surface area (Å²) in [6.07, 6.45) is 0. The van der Waals surface area contributed by atoms with Crippen molar-refractivity contribution in [1.29, 1.82) is 0 Å². The minimum Gasteiger partial charge on any atom is -0.495 e. The summed E-state index contributed by atoms with van der Waals surface area (Å²) >= 11 is 0. The third kappa shape index (κ3) is 5.70. The van der Waals surface area contributed by atoms with Gasteiger partial charge in [-0.05, 0) is 55.5 Å². The number of nitrogens with one attached hydrogen (secondary N) is 3. The van der Waals surface area contributed by atoms with Crippen molar-refractivity contribution in [2.75, 3.05) is 29.6 Å². The number of rotatable bonds is 8. The molecule has 0 saturated carbocycles. The van der Waals surface area contributed by atoms with E-state index in [2.05, 4.69) is 16.0 Å². The second-order valence-electron chi connectivity index (χ2n) is 6.74. The Labute approximate surface area is 180 Å². The van der Waals surface area contributed by atoms with E-state index in [1.54, 1.807) is 66.7 Å². The van der Waals surface area contributed by atoms with E-state index < -0.39 is 0 Å². The van der Waals surface area contributed by atoms with Gasteiger partial charge in [0.2, 0.25) is 5.91 Å². The van der Waals surface area contributed by atoms with Gasteiger partial charge < -0.3 is 20.7 Å². The summed E-state index contributed by atoms with van der Waals surface area (Å²) in [6.45, 7) is 1.48. The first kappa shape index (κ1) is 21.6. The number of ether oxygens (including phenoxy) is 1. The number of hydrogen-bond acceptors (Lipinski definition) is 5. The predicted octanol–water partition coefficient (Wildman–Crippen LogP) is 4.20. The lowest BCUT2D eigenvalue weighted by molar-refractivity contribution is -0.114. The third-order valence-corrected chi connectivity index (χ3v) is 4.53. The van der Waals surface area contributed by atoms with Crippen LogP contribution in [-0.2, 0) is 4.79 Å². The molecule has 3 N–H and O–H groups in total. The molecule has 0 bridgehead atoms. The molecular formula is C24H23N3O4. The second kappa shape index (κ2) is 10.1. The first-order valence-corrected chi connectivity index (χ1v) is 9.66. The van der Waals surface area contributed by atoms with Crippen LogP contribution in [0.5, 0.6) is 5.75 Å². The summed E-state index contributed by atoms with van der Waals surface area (Å²) in [6, 6.07) is 20.7. The largest absolute Gasteiger partial charge is 0.495 e. The van der Waals surface area contributed by atoms with Gasteiger partial charge in [0.15, 0.2) is 5.78 Å². The van der Waals surface area contributed by atoms with Gasteiger partial charge in [-0.2, -0.15) is 0 Å². The number of methoxy groups -OCH3 is 1. The summed E-state index contributed by atoms with van der Waals surface area (Å²) in [5.74, 6) is -0.0708. The van der Waals surface area contributed by atoms with E-state index in [0.717, 1.165) is 0 Å². The maximum atomic E-state index is 12.5. The predicted molar refractivity (Wildman–Crippen MR) is 121 cm³/mol. The number of benzene rings is 3. The fourth-order valence-electron chi connectivity index (χ4n) is 2.97. The Kier molecular flexibility index (Phi) is 7.01. The highest BCUT2D eigenvalue weighted by Gasteiger charge is 2.11. The first-order chi connectivity index (χ1) is 15.0. The number of Topliss-reactive ketones (excluding diaryl/α,β-unsaturated/α-hetero) is 1. The number of ketones is 1. The summed E-state index contributed by atoms with van der Waals surface area (Å²) < 4.78 is 5.23. The van der Waals surface area contributed by atoms with Crippen LogP contribution in [0.2, 0.25) is 0 Å². The lowest BCUT2D eigenvalue weighted by Gasteiger charge is -2.11. The molecular weight excluding hydrogens is 394 g/mol. The molecule has 0 unspecified atom stereocenters. The fraction of sp³-hybridized carbons (Fsp3) is 0.125. The number of amides is 2. The quantitative estimate of drug-likeness (QED) is 0.477. The van der Waals surface area contributed by atoms with Gasteiger partial charge >= 0.3 is 0 Å². The van der Waals surface area contributed by atoms with Gasteiger partial charge in [0.25, 0.3) is 5.91 Å². The van der Waals surface area contributed by atoms with Crippen LogP contribution < -0.4 is 20.7 Å². The Balaban J connectivity index is 1.57. The number of para-hydroxylation sites is 3. The lowest BCUT2D eigenvalue weighted by Crippen LogP contribution is -2.22. The second-order valence-corrected chi connectivity index (χ2v) is 6.74. The standard InChI is InChI=1S/C24H23N3O4/c1-16(28)19-7-3-4-8-20(19)25-15-23(29)26-18-13-11-17(12-14-18)24(30)27-21-9-5-6-10-22(21)31-2/h3-14,25H,15H2,1-2H3,(H,26,29)(H,27,30). The highest BCUT2D eigenvalue weighted by atomic mass is 16.5. The van der Waals surface area contributed by atoms with Crippen molar-refractivity contribution < 1.29 is 19.1 Å². The first-order valence-electron chi connectivity index (χ1n) is 9.66. The normalized spacial score (nSPS) is 10.1. The van der Waals surface area contributed by atoms with E-state index >= 15 is 0 Å². The minimum absolute atomic E-state index is 0.000330. The minimum atomic E-state index is -0.287. The fourth-order valence-corrected chi connectivity index (χ4v) is 2.97. The summed E-state index contributed by atoms with van der Waals surface area (Å²) in [7, 11) is 1.54. The van der Waals surface area contributed by atoms with Crippen molar-refractivity contribution in [1.82, 2.24) is 0 Å². The molecule has 0 aliphatic carbocycles. The monoisotopic (exact) mass is 417 g/mol. The van der Waals surface area contributed by atoms with E-state index in [-0.39, 0.29) is 24.1 Å². The molecule has 3 aromatic carbocycles. The average Bonchev–Trinajstić information content (AvgIpc) is 2.78. The van der Waals surface area contributed by atoms with E-state index in [1.807, 2.05) is 6.07 Å². The Morgan fingerprint density at radius 2 is 1.45 bits per heavy atom. The maximum absolute atomic E-state index is 12.5. The van der Waals surface area contributed by atoms with Crippen LogP contribution in [0.1, 0.15) is 27.6 Å². The average molecular weight is 417 g/mol. The maximum Gasteiger partial charge on any atom is 0.255 e. The van der Waals surface area contributed by atoms with Gasteiger partial charge in [-0.25, -0.2) is 0 Å². The van der Waals surface area contributed by atoms with Crippen LogP contribution in [-0.4, -0.2) is 31.3 Å². The van der Waals surface area contributed by atoms with Gasteiger partial charge in [-0.1, -0.05) is 24.3 Å². The van der Waals surface area contributed by atoms with Crippen molar-refractivity contribution in [2.45, 2.75) is 6.92 Å². The highest BCUT2D eigenvalue weighted by Crippen LogP contribution is 2.24. The smallest absolute Gasteiger partial charge is 0.255 e. The third-order valence-electron chi connectivity index (χ3n) is 4.53. The van der Waals surface area contributed by atoms with Crippen LogP contribution in [0.3, 0.4) is 0 Å². The molecule has 0 saturated heterocycles. The van der Waals surface area contributed by atoms with Gasteiger partial charge in [0.1, 0.15) is 5.75 Å². The SMILES string of the molecule is COc1ccccc1NC(=O)c1ccc(NC(=O)CNc2ccccc2C(C)=O)cc1. The molecule has 7 nitrogen and oxygen atoms in total. The molecule has 0 heterocycles. The Morgan fingerprint density at radius 1 is 0.806 bits per heavy atom. The van der Waals surface area contributed by atoms with E-state index in [0.29, 0.717) is 33.9 Å². The van der Waals surface area contributed by atoms with Gasteiger partial charge in [0, 0.05) is 22.5 Å². The van der Waals surface area contributed by atoms with E-state index in [9.17, 15) is 14.4 Å². The number of carbonyl (C=O) groups is 3. The zero-order valence-electron chi connectivity index (χ0n) is 17.3. The molecule has 0 aliphatic heterocycles. The molecule has 0 aromatic heterocycles. The van der Waals surface area contributed by atoms with Crippen LogP contribution >= 0.6 is 0 Å². The molecule has 3 aromatic rings. The molecule has 0 spiro atoms. The lowest BCUT2D eigenvalue weighted by atomic mass is 10.1. The molecule has 0 aliphatic rings. The topological polar surface area (TPSA) is 96.5 Å². The van der Waals surface area contributed by atoms with E-state index in [1.165, 1.54) is 14.0 Å². The Morgan fingerprint density at radius 3 is 2.13 bits per heavy atom. The highest BCUT2D eigenvalue weighted by molar-refractivity contribution is 6.05. The summed E-state index contributed by atoms with van der Waals surface area (Å²) in [5.41, 5.74) is 2.71. The van der Waals surface area contributed by atoms with Crippen LogP contribution in [0.4, 0.5) is 17.1 Å². The summed E-state index contributed by atoms with van der Waals surface area (Å²) in [5, 5.41) is 8.53. The molecule has 0 atom stereocenters. The van der Waals surface area contributed by atoms with Gasteiger partial charge in [-0.15, -0.1) is 0 Å². The number of carbonyl (C=O) groups excluding carboxylic acids is 3. The Bertz CT molecular complexity index is 1090. The van der Waals surface area contributed by atoms with Crippen LogP contribution in [0, 0.1) is 0 Å². The van der Waals surface area contributed by atoms with Crippen molar-refractivity contribution >= 4 is 34.7 Å². The number of hydrogen-bond donors (Lipinski definition) is 3. The zero-order chi connectivity index (χ0) is 22.2. The molecule has 3 rings (SSSR count). The van der Waals surface area contributed by atoms with Gasteiger partial charge in [0.05, 0.1) is 19.3 Å². The molecule has 2 amide bonds.